The number of amides is 1. The summed E-state index contributed by atoms with van der Waals surface area (Å²) in [4.78, 5) is 31.4. The van der Waals surface area contributed by atoms with E-state index in [1.165, 1.54) is 10.1 Å². The van der Waals surface area contributed by atoms with Gasteiger partial charge in [-0.2, -0.15) is 5.26 Å². The number of ether oxygens (including phenoxy) is 1. The summed E-state index contributed by atoms with van der Waals surface area (Å²) >= 11 is 1.15. The number of carbonyl (C=O) groups is 1. The van der Waals surface area contributed by atoms with E-state index in [1.807, 2.05) is 54.6 Å². The molecule has 220 valence electrons. The lowest BCUT2D eigenvalue weighted by atomic mass is 10.1. The molecular formula is C34H35N5O3S. The molecule has 0 unspecified atom stereocenters. The first-order valence-electron chi connectivity index (χ1n) is 14.5. The average Bonchev–Trinajstić information content (AvgIpc) is 3.36. The minimum Gasteiger partial charge on any atom is -0.379 e. The first kappa shape index (κ1) is 30.0. The van der Waals surface area contributed by atoms with Gasteiger partial charge in [0.05, 0.1) is 23.4 Å². The van der Waals surface area contributed by atoms with E-state index in [4.69, 9.17) is 4.74 Å². The average molecular weight is 594 g/mol. The van der Waals surface area contributed by atoms with Crippen LogP contribution in [0, 0.1) is 11.3 Å². The molecule has 3 aromatic carbocycles. The maximum absolute atomic E-state index is 13.7. The Morgan fingerprint density at radius 3 is 2.35 bits per heavy atom. The highest BCUT2D eigenvalue weighted by molar-refractivity contribution is 7.07. The molecule has 1 amide bonds. The third-order valence-electron chi connectivity index (χ3n) is 7.36. The number of aromatic nitrogens is 1. The Morgan fingerprint density at radius 2 is 1.70 bits per heavy atom. The summed E-state index contributed by atoms with van der Waals surface area (Å²) in [6.07, 6.45) is 1.82. The SMILES string of the molecule is CCN(Cc1ccccc1)c1ccc(C=c2sc(=C(C#N)C(=O)NCCN3CCOCC3)n(-c3ccccc3)c2=O)cc1. The molecule has 2 heterocycles. The molecule has 0 spiro atoms. The first-order valence-corrected chi connectivity index (χ1v) is 15.3. The number of nitriles is 1. The van der Waals surface area contributed by atoms with E-state index in [2.05, 4.69) is 52.4 Å². The number of morpholine rings is 1. The van der Waals surface area contributed by atoms with E-state index in [1.54, 1.807) is 12.1 Å². The number of nitrogens with one attached hydrogen (secondary N) is 1. The van der Waals surface area contributed by atoms with Gasteiger partial charge in [0.1, 0.15) is 10.7 Å². The number of nitrogens with zero attached hydrogens (tertiary/aromatic N) is 4. The van der Waals surface area contributed by atoms with Gasteiger partial charge in [-0.25, -0.2) is 0 Å². The molecule has 1 aliphatic rings. The maximum atomic E-state index is 13.7. The van der Waals surface area contributed by atoms with Crippen LogP contribution in [0.5, 0.6) is 0 Å². The van der Waals surface area contributed by atoms with Crippen LogP contribution >= 0.6 is 11.3 Å². The van der Waals surface area contributed by atoms with Crippen LogP contribution in [-0.4, -0.2) is 61.3 Å². The topological polar surface area (TPSA) is 90.6 Å². The zero-order valence-corrected chi connectivity index (χ0v) is 25.1. The van der Waals surface area contributed by atoms with Gasteiger partial charge >= 0.3 is 0 Å². The van der Waals surface area contributed by atoms with Crippen molar-refractivity contribution in [2.45, 2.75) is 13.5 Å². The van der Waals surface area contributed by atoms with Gasteiger partial charge in [0.15, 0.2) is 5.57 Å². The third-order valence-corrected chi connectivity index (χ3v) is 8.45. The summed E-state index contributed by atoms with van der Waals surface area (Å²) in [5.74, 6) is -0.490. The monoisotopic (exact) mass is 593 g/mol. The predicted octanol–water partition coefficient (Wildman–Crippen LogP) is 2.88. The lowest BCUT2D eigenvalue weighted by Gasteiger charge is -2.26. The highest BCUT2D eigenvalue weighted by Gasteiger charge is 2.18. The van der Waals surface area contributed by atoms with Crippen molar-refractivity contribution in [3.63, 3.8) is 0 Å². The van der Waals surface area contributed by atoms with Gasteiger partial charge in [0.25, 0.3) is 11.5 Å². The smallest absolute Gasteiger partial charge is 0.273 e. The van der Waals surface area contributed by atoms with Crippen LogP contribution in [0.2, 0.25) is 0 Å². The van der Waals surface area contributed by atoms with E-state index in [0.717, 1.165) is 48.8 Å². The zero-order valence-electron chi connectivity index (χ0n) is 24.2. The highest BCUT2D eigenvalue weighted by atomic mass is 32.1. The molecule has 1 aliphatic heterocycles. The summed E-state index contributed by atoms with van der Waals surface area (Å²) < 4.78 is 7.60. The Balaban J connectivity index is 1.46. The van der Waals surface area contributed by atoms with Gasteiger partial charge < -0.3 is 15.0 Å². The number of thiazole rings is 1. The molecule has 0 atom stereocenters. The maximum Gasteiger partial charge on any atom is 0.273 e. The van der Waals surface area contributed by atoms with E-state index >= 15 is 0 Å². The van der Waals surface area contributed by atoms with Crippen LogP contribution in [0.15, 0.2) is 89.7 Å². The molecule has 1 saturated heterocycles. The van der Waals surface area contributed by atoms with Gasteiger partial charge in [-0.15, -0.1) is 11.3 Å². The fourth-order valence-corrected chi connectivity index (χ4v) is 6.12. The summed E-state index contributed by atoms with van der Waals surface area (Å²) in [7, 11) is 0. The Hall–Kier alpha value is -4.49. The number of hydrogen-bond donors (Lipinski definition) is 1. The molecular weight excluding hydrogens is 558 g/mol. The Morgan fingerprint density at radius 1 is 1.02 bits per heavy atom. The van der Waals surface area contributed by atoms with Crippen molar-refractivity contribution >= 4 is 34.6 Å². The quantitative estimate of drug-likeness (QED) is 0.304. The van der Waals surface area contributed by atoms with Crippen molar-refractivity contribution in [2.24, 2.45) is 0 Å². The second-order valence-electron chi connectivity index (χ2n) is 10.2. The van der Waals surface area contributed by atoms with E-state index < -0.39 is 5.91 Å². The van der Waals surface area contributed by atoms with Crippen LogP contribution in [0.1, 0.15) is 18.1 Å². The van der Waals surface area contributed by atoms with Crippen molar-refractivity contribution in [1.29, 1.82) is 5.26 Å². The minimum absolute atomic E-state index is 0.0811. The lowest BCUT2D eigenvalue weighted by molar-refractivity contribution is -0.115. The number of anilines is 1. The molecule has 1 N–H and O–H groups in total. The predicted molar refractivity (Wildman–Crippen MR) is 172 cm³/mol. The number of rotatable bonds is 10. The van der Waals surface area contributed by atoms with Gasteiger partial charge in [-0.3, -0.25) is 19.1 Å². The zero-order chi connectivity index (χ0) is 30.0. The highest BCUT2D eigenvalue weighted by Crippen LogP contribution is 2.18. The van der Waals surface area contributed by atoms with Crippen LogP contribution in [0.25, 0.3) is 17.3 Å². The molecule has 43 heavy (non-hydrogen) atoms. The first-order chi connectivity index (χ1) is 21.1. The summed E-state index contributed by atoms with van der Waals surface area (Å²) in [6.45, 7) is 7.83. The largest absolute Gasteiger partial charge is 0.379 e. The van der Waals surface area contributed by atoms with Gasteiger partial charge in [0.2, 0.25) is 0 Å². The van der Waals surface area contributed by atoms with E-state index in [-0.39, 0.29) is 11.1 Å². The van der Waals surface area contributed by atoms with E-state index in [0.29, 0.717) is 41.2 Å². The summed E-state index contributed by atoms with van der Waals surface area (Å²) in [5, 5.41) is 12.9. The molecule has 4 aromatic rings. The normalized spacial score (nSPS) is 14.7. The van der Waals surface area contributed by atoms with Crippen molar-refractivity contribution in [3.8, 4) is 11.8 Å². The number of para-hydroxylation sites is 1. The minimum atomic E-state index is -0.490. The second-order valence-corrected chi connectivity index (χ2v) is 11.2. The van der Waals surface area contributed by atoms with Crippen LogP contribution < -0.4 is 25.0 Å². The molecule has 0 bridgehead atoms. The number of carbonyl (C=O) groups excluding carboxylic acids is 1. The molecule has 9 heteroatoms. The second kappa shape index (κ2) is 14.6. The lowest BCUT2D eigenvalue weighted by Crippen LogP contribution is -2.42. The number of hydrogen-bond acceptors (Lipinski definition) is 7. The van der Waals surface area contributed by atoms with Crippen LogP contribution in [0.4, 0.5) is 5.69 Å². The fourth-order valence-electron chi connectivity index (χ4n) is 5.02. The molecule has 1 fully saturated rings. The Kier molecular flexibility index (Phi) is 10.2. The fraction of sp³-hybridized carbons (Fsp3) is 0.265. The molecule has 8 nitrogen and oxygen atoms in total. The molecule has 0 aliphatic carbocycles. The molecule has 0 saturated carbocycles. The Labute approximate surface area is 255 Å². The molecule has 5 rings (SSSR count). The van der Waals surface area contributed by atoms with Crippen molar-refractivity contribution in [2.75, 3.05) is 50.8 Å². The van der Waals surface area contributed by atoms with Crippen molar-refractivity contribution in [3.05, 3.63) is 116 Å². The van der Waals surface area contributed by atoms with Gasteiger partial charge in [-0.1, -0.05) is 60.7 Å². The number of benzene rings is 3. The summed E-state index contributed by atoms with van der Waals surface area (Å²) in [5.41, 5.74) is 3.43. The van der Waals surface area contributed by atoms with Crippen molar-refractivity contribution < 1.29 is 9.53 Å². The Bertz CT molecular complexity index is 1740. The van der Waals surface area contributed by atoms with Crippen LogP contribution in [0.3, 0.4) is 0 Å². The molecule has 1 aromatic heterocycles. The van der Waals surface area contributed by atoms with Gasteiger partial charge in [-0.05, 0) is 48.4 Å². The van der Waals surface area contributed by atoms with E-state index in [9.17, 15) is 14.9 Å². The summed E-state index contributed by atoms with van der Waals surface area (Å²) in [6, 6.07) is 29.6. The molecule has 0 radical (unpaired) electrons. The third kappa shape index (κ3) is 7.48. The van der Waals surface area contributed by atoms with Crippen LogP contribution in [-0.2, 0) is 16.1 Å². The van der Waals surface area contributed by atoms with Gasteiger partial charge in [0, 0.05) is 45.0 Å². The van der Waals surface area contributed by atoms with Crippen molar-refractivity contribution in [1.82, 2.24) is 14.8 Å². The standard InChI is InChI=1S/C34H35N5O3S/c1-2-38(25-27-9-5-3-6-10-27)28-15-13-26(14-16-28)23-31-33(41)39(29-11-7-4-8-12-29)34(43-31)30(24-35)32(40)36-17-18-37-19-21-42-22-20-37/h3-16,23H,2,17-22,25H2,1H3,(H,36,40).